The Bertz CT molecular complexity index is 661. The van der Waals surface area contributed by atoms with E-state index in [1.807, 2.05) is 0 Å². The van der Waals surface area contributed by atoms with E-state index in [4.69, 9.17) is 11.6 Å². The van der Waals surface area contributed by atoms with Gasteiger partial charge >= 0.3 is 0 Å². The molecule has 1 N–H and O–H groups in total. The average Bonchev–Trinajstić information content (AvgIpc) is 2.74. The third-order valence-electron chi connectivity index (χ3n) is 2.11. The summed E-state index contributed by atoms with van der Waals surface area (Å²) in [5.41, 5.74) is -0.527. The maximum absolute atomic E-state index is 12.0. The summed E-state index contributed by atoms with van der Waals surface area (Å²) in [6.45, 7) is 0. The van der Waals surface area contributed by atoms with Crippen LogP contribution in [0.4, 0.5) is 10.8 Å². The predicted molar refractivity (Wildman–Crippen MR) is 75.9 cm³/mol. The molecule has 6 nitrogen and oxygen atoms in total. The van der Waals surface area contributed by atoms with Gasteiger partial charge in [0.2, 0.25) is 0 Å². The van der Waals surface area contributed by atoms with Gasteiger partial charge in [-0.15, -0.1) is 0 Å². The fourth-order valence-corrected chi connectivity index (χ4v) is 2.72. The number of nitrogens with one attached hydrogen (secondary N) is 1. The van der Waals surface area contributed by atoms with Crippen LogP contribution in [-0.2, 0) is 0 Å². The van der Waals surface area contributed by atoms with Crippen molar-refractivity contribution in [2.45, 2.75) is 0 Å². The number of anilines is 1. The Morgan fingerprint density at radius 1 is 1.53 bits per heavy atom. The van der Waals surface area contributed by atoms with Gasteiger partial charge in [0.25, 0.3) is 11.6 Å². The molecule has 9 heteroatoms. The topological polar surface area (TPSA) is 85.1 Å². The standard InChI is InChI=1S/C10H5BrClN3O3S/c11-7-4-13-10(19-7)14-9(16)8-5(12)2-1-3-6(8)15(17)18/h1-4H,(H,13,14,16). The van der Waals surface area contributed by atoms with Crippen LogP contribution in [-0.4, -0.2) is 15.8 Å². The molecule has 2 aromatic rings. The molecule has 1 amide bonds. The molecule has 2 rings (SSSR count). The fourth-order valence-electron chi connectivity index (χ4n) is 1.36. The zero-order valence-corrected chi connectivity index (χ0v) is 12.3. The molecule has 98 valence electrons. The Morgan fingerprint density at radius 3 is 2.84 bits per heavy atom. The second kappa shape index (κ2) is 5.64. The third-order valence-corrected chi connectivity index (χ3v) is 3.82. The van der Waals surface area contributed by atoms with E-state index in [0.717, 1.165) is 3.79 Å². The first-order valence-electron chi connectivity index (χ1n) is 4.84. The minimum Gasteiger partial charge on any atom is -0.298 e. The Kier molecular flexibility index (Phi) is 4.13. The van der Waals surface area contributed by atoms with E-state index in [-0.39, 0.29) is 16.3 Å². The van der Waals surface area contributed by atoms with Crippen LogP contribution in [0.1, 0.15) is 10.4 Å². The van der Waals surface area contributed by atoms with Crippen LogP contribution in [0.5, 0.6) is 0 Å². The zero-order valence-electron chi connectivity index (χ0n) is 9.09. The van der Waals surface area contributed by atoms with Crippen molar-refractivity contribution in [1.29, 1.82) is 0 Å². The average molecular weight is 363 g/mol. The number of hydrogen-bond donors (Lipinski definition) is 1. The summed E-state index contributed by atoms with van der Waals surface area (Å²) in [5, 5.41) is 13.7. The van der Waals surface area contributed by atoms with E-state index in [2.05, 4.69) is 26.2 Å². The molecule has 1 aromatic carbocycles. The maximum atomic E-state index is 12.0. The summed E-state index contributed by atoms with van der Waals surface area (Å²) in [6.07, 6.45) is 1.52. The molecule has 0 aliphatic rings. The van der Waals surface area contributed by atoms with Crippen LogP contribution < -0.4 is 5.32 Å². The molecule has 0 aliphatic heterocycles. The van der Waals surface area contributed by atoms with Crippen LogP contribution in [0.2, 0.25) is 5.02 Å². The first kappa shape index (κ1) is 13.9. The van der Waals surface area contributed by atoms with Crippen molar-refractivity contribution in [3.8, 4) is 0 Å². The molecule has 1 aromatic heterocycles. The largest absolute Gasteiger partial charge is 0.298 e. The summed E-state index contributed by atoms with van der Waals surface area (Å²) in [4.78, 5) is 26.2. The molecule has 0 spiro atoms. The number of nitrogens with zero attached hydrogens (tertiary/aromatic N) is 2. The monoisotopic (exact) mass is 361 g/mol. The molecular weight excluding hydrogens is 358 g/mol. The lowest BCUT2D eigenvalue weighted by Gasteiger charge is -2.04. The van der Waals surface area contributed by atoms with Crippen LogP contribution in [0.3, 0.4) is 0 Å². The minimum atomic E-state index is -0.667. The van der Waals surface area contributed by atoms with Crippen molar-refractivity contribution in [3.05, 3.63) is 48.9 Å². The first-order valence-corrected chi connectivity index (χ1v) is 6.83. The van der Waals surface area contributed by atoms with E-state index in [1.165, 1.54) is 35.7 Å². The Balaban J connectivity index is 2.36. The molecule has 1 heterocycles. The number of nitro benzene ring substituents is 1. The van der Waals surface area contributed by atoms with Crippen LogP contribution in [0, 0.1) is 10.1 Å². The molecule has 19 heavy (non-hydrogen) atoms. The van der Waals surface area contributed by atoms with E-state index in [1.54, 1.807) is 0 Å². The van der Waals surface area contributed by atoms with Gasteiger partial charge in [-0.3, -0.25) is 20.2 Å². The number of aromatic nitrogens is 1. The number of rotatable bonds is 3. The van der Waals surface area contributed by atoms with Crippen molar-refractivity contribution >= 4 is 55.6 Å². The summed E-state index contributed by atoms with van der Waals surface area (Å²) in [5.74, 6) is -0.667. The minimum absolute atomic E-state index is 0.0160. The molecule has 0 saturated carbocycles. The zero-order chi connectivity index (χ0) is 14.0. The molecular formula is C10H5BrClN3O3S. The molecule has 0 radical (unpaired) electrons. The normalized spacial score (nSPS) is 10.2. The van der Waals surface area contributed by atoms with Gasteiger partial charge in [0.15, 0.2) is 5.13 Å². The highest BCUT2D eigenvalue weighted by atomic mass is 79.9. The quantitative estimate of drug-likeness (QED) is 0.666. The van der Waals surface area contributed by atoms with E-state index in [0.29, 0.717) is 5.13 Å². The van der Waals surface area contributed by atoms with Crippen LogP contribution >= 0.6 is 38.9 Å². The molecule has 0 unspecified atom stereocenters. The number of benzene rings is 1. The number of nitro groups is 1. The van der Waals surface area contributed by atoms with Gasteiger partial charge in [-0.2, -0.15) is 0 Å². The first-order chi connectivity index (χ1) is 8.99. The highest BCUT2D eigenvalue weighted by Gasteiger charge is 2.23. The van der Waals surface area contributed by atoms with Gasteiger partial charge in [0, 0.05) is 6.07 Å². The number of halogens is 2. The van der Waals surface area contributed by atoms with Gasteiger partial charge in [-0.25, -0.2) is 4.98 Å². The van der Waals surface area contributed by atoms with Crippen molar-refractivity contribution in [2.24, 2.45) is 0 Å². The van der Waals surface area contributed by atoms with E-state index >= 15 is 0 Å². The van der Waals surface area contributed by atoms with Crippen LogP contribution in [0.15, 0.2) is 28.2 Å². The molecule has 0 saturated heterocycles. The number of amides is 1. The number of hydrogen-bond acceptors (Lipinski definition) is 5. The lowest BCUT2D eigenvalue weighted by Crippen LogP contribution is -2.14. The van der Waals surface area contributed by atoms with E-state index < -0.39 is 10.8 Å². The highest BCUT2D eigenvalue weighted by molar-refractivity contribution is 9.11. The molecule has 0 aliphatic carbocycles. The maximum Gasteiger partial charge on any atom is 0.283 e. The van der Waals surface area contributed by atoms with Crippen LogP contribution in [0.25, 0.3) is 0 Å². The second-order valence-corrected chi connectivity index (χ2v) is 6.13. The summed E-state index contributed by atoms with van der Waals surface area (Å²) in [6, 6.07) is 4.05. The van der Waals surface area contributed by atoms with Gasteiger partial charge < -0.3 is 0 Å². The van der Waals surface area contributed by atoms with Crippen molar-refractivity contribution in [2.75, 3.05) is 5.32 Å². The van der Waals surface area contributed by atoms with Gasteiger partial charge in [-0.1, -0.05) is 29.0 Å². The van der Waals surface area contributed by atoms with Crippen molar-refractivity contribution < 1.29 is 9.72 Å². The van der Waals surface area contributed by atoms with Crippen molar-refractivity contribution in [3.63, 3.8) is 0 Å². The molecule has 0 fully saturated rings. The lowest BCUT2D eigenvalue weighted by atomic mass is 10.1. The van der Waals surface area contributed by atoms with E-state index in [9.17, 15) is 14.9 Å². The fraction of sp³-hybridized carbons (Fsp3) is 0. The molecule has 0 atom stereocenters. The second-order valence-electron chi connectivity index (χ2n) is 3.31. The number of carbonyl (C=O) groups excluding carboxylic acids is 1. The van der Waals surface area contributed by atoms with Gasteiger partial charge in [-0.05, 0) is 22.0 Å². The Labute approximate surface area is 124 Å². The van der Waals surface area contributed by atoms with Crippen molar-refractivity contribution in [1.82, 2.24) is 4.98 Å². The van der Waals surface area contributed by atoms with Gasteiger partial charge in [0.1, 0.15) is 5.56 Å². The summed E-state index contributed by atoms with van der Waals surface area (Å²) < 4.78 is 0.733. The lowest BCUT2D eigenvalue weighted by molar-refractivity contribution is -0.385. The number of carbonyl (C=O) groups is 1. The summed E-state index contributed by atoms with van der Waals surface area (Å²) >= 11 is 10.2. The number of thiazole rings is 1. The Morgan fingerprint density at radius 2 is 2.26 bits per heavy atom. The van der Waals surface area contributed by atoms with Gasteiger partial charge in [0.05, 0.1) is 19.9 Å². The smallest absolute Gasteiger partial charge is 0.283 e. The molecule has 0 bridgehead atoms. The SMILES string of the molecule is O=C(Nc1ncc(Br)s1)c1c(Cl)cccc1[N+](=O)[O-]. The predicted octanol–water partition coefficient (Wildman–Crippen LogP) is 3.72. The highest BCUT2D eigenvalue weighted by Crippen LogP contribution is 2.28. The summed E-state index contributed by atoms with van der Waals surface area (Å²) in [7, 11) is 0. The Hall–Kier alpha value is -1.51. The third kappa shape index (κ3) is 3.09.